The van der Waals surface area contributed by atoms with Crippen molar-refractivity contribution in [1.29, 1.82) is 5.26 Å². The molecule has 2 aromatic carbocycles. The fourth-order valence-corrected chi connectivity index (χ4v) is 11.1. The van der Waals surface area contributed by atoms with Gasteiger partial charge in [-0.2, -0.15) is 24.8 Å². The predicted octanol–water partition coefficient (Wildman–Crippen LogP) is 8.51. The third-order valence-corrected chi connectivity index (χ3v) is 15.0. The predicted molar refractivity (Wildman–Crippen MR) is 306 cm³/mol. The minimum absolute atomic E-state index is 0.176. The van der Waals surface area contributed by atoms with Crippen molar-refractivity contribution < 1.29 is 24.1 Å². The van der Waals surface area contributed by atoms with Crippen molar-refractivity contribution in [2.75, 3.05) is 119 Å². The van der Waals surface area contributed by atoms with E-state index in [1.165, 1.54) is 18.9 Å². The Morgan fingerprint density at radius 3 is 2.44 bits per heavy atom. The van der Waals surface area contributed by atoms with Crippen LogP contribution in [-0.4, -0.2) is 150 Å². The molecule has 19 heteroatoms. The minimum atomic E-state index is 0.176. The Morgan fingerprint density at radius 1 is 0.857 bits per heavy atom. The summed E-state index contributed by atoms with van der Waals surface area (Å²) < 4.78 is 26.1. The van der Waals surface area contributed by atoms with Crippen molar-refractivity contribution in [3.8, 4) is 18.0 Å². The van der Waals surface area contributed by atoms with Gasteiger partial charge in [0.1, 0.15) is 30.7 Å². The van der Waals surface area contributed by atoms with E-state index < -0.39 is 0 Å². The highest BCUT2D eigenvalue weighted by molar-refractivity contribution is 6.36. The van der Waals surface area contributed by atoms with E-state index in [0.29, 0.717) is 70.7 Å². The summed E-state index contributed by atoms with van der Waals surface area (Å²) in [6.45, 7) is 19.6. The summed E-state index contributed by atoms with van der Waals surface area (Å²) >= 11 is 6.78. The second kappa shape index (κ2) is 29.6. The molecule has 0 radical (unpaired) electrons. The molecule has 10 rings (SSSR count). The third kappa shape index (κ3) is 14.9. The highest BCUT2D eigenvalue weighted by Crippen LogP contribution is 2.37. The standard InChI is InChI=1S/C54H71ClN12O5.C2H3N.C2H6/c1-2-40-36-59-67-48(33-49(61-52(40)67)66-23-4-3-11-42(66)18-27-68)57-34-39-15-16-50(58-35-39)71-32-31-70-30-29-69-28-8-22-63-21-7-12-43(63)38-72-54-60-46-37-65(47-14-6-10-41-9-5-13-45(55)51(41)47)24-17-44(46)53(62-54)64-25-19-56-20-26-64;1-2-3;1-2/h5-6,9-10,13-16,33,35-36,42-43,56-57,68H,2-4,7-8,11-12,17-32,34,37-38H2,1H3;1H3;1-2H3. The van der Waals surface area contributed by atoms with Crippen LogP contribution in [0.15, 0.2) is 67.0 Å². The van der Waals surface area contributed by atoms with Gasteiger partial charge in [-0.05, 0) is 87.4 Å². The van der Waals surface area contributed by atoms with Crippen molar-refractivity contribution in [1.82, 2.24) is 39.8 Å². The summed E-state index contributed by atoms with van der Waals surface area (Å²) in [5.41, 5.74) is 6.40. The van der Waals surface area contributed by atoms with Crippen LogP contribution in [0.25, 0.3) is 16.4 Å². The highest BCUT2D eigenvalue weighted by Gasteiger charge is 2.30. The first-order valence-electron chi connectivity index (χ1n) is 28.1. The average molecular weight is 1070 g/mol. The van der Waals surface area contributed by atoms with Gasteiger partial charge in [0.05, 0.1) is 49.3 Å². The summed E-state index contributed by atoms with van der Waals surface area (Å²) in [5.74, 6) is 3.39. The maximum Gasteiger partial charge on any atom is 0.318 e. The quantitative estimate of drug-likeness (QED) is 0.0518. The lowest BCUT2D eigenvalue weighted by Gasteiger charge is -2.36. The lowest BCUT2D eigenvalue weighted by molar-refractivity contribution is 0.0323. The fraction of sp³-hybridized carbons (Fsp3) is 0.552. The Kier molecular flexibility index (Phi) is 22.0. The molecule has 3 fully saturated rings. The number of aromatic nitrogens is 6. The molecule has 2 unspecified atom stereocenters. The molecule has 2 atom stereocenters. The van der Waals surface area contributed by atoms with Gasteiger partial charge in [0.2, 0.25) is 5.88 Å². The van der Waals surface area contributed by atoms with Crippen molar-refractivity contribution in [3.05, 3.63) is 94.4 Å². The second-order valence-electron chi connectivity index (χ2n) is 19.5. The van der Waals surface area contributed by atoms with Crippen LogP contribution in [0.2, 0.25) is 5.02 Å². The number of piperazine rings is 1. The zero-order chi connectivity index (χ0) is 53.8. The zero-order valence-electron chi connectivity index (χ0n) is 45.8. The van der Waals surface area contributed by atoms with Gasteiger partial charge < -0.3 is 49.4 Å². The van der Waals surface area contributed by atoms with Crippen LogP contribution >= 0.6 is 11.6 Å². The lowest BCUT2D eigenvalue weighted by Crippen LogP contribution is -2.45. The fourth-order valence-electron chi connectivity index (χ4n) is 10.8. The van der Waals surface area contributed by atoms with Gasteiger partial charge in [-0.15, -0.1) is 0 Å². The first-order valence-corrected chi connectivity index (χ1v) is 28.5. The van der Waals surface area contributed by atoms with E-state index in [4.69, 9.17) is 50.8 Å². The zero-order valence-corrected chi connectivity index (χ0v) is 46.5. The number of benzene rings is 2. The number of nitriles is 1. The molecule has 4 aliphatic rings. The Hall–Kier alpha value is -6.07. The molecule has 18 nitrogen and oxygen atoms in total. The van der Waals surface area contributed by atoms with Gasteiger partial charge >= 0.3 is 6.01 Å². The Bertz CT molecular complexity index is 2800. The number of hydrogen-bond donors (Lipinski definition) is 3. The van der Waals surface area contributed by atoms with E-state index in [9.17, 15) is 5.11 Å². The molecule has 414 valence electrons. The van der Waals surface area contributed by atoms with Crippen LogP contribution < -0.4 is 34.8 Å². The van der Waals surface area contributed by atoms with Gasteiger partial charge in [-0.25, -0.2) is 9.97 Å². The molecule has 0 amide bonds. The van der Waals surface area contributed by atoms with Gasteiger partial charge in [-0.1, -0.05) is 62.7 Å². The number of halogens is 1. The molecule has 4 aliphatic heterocycles. The number of pyridine rings is 1. The SMILES string of the molecule is CC.CC#N.CCc1cnn2c(NCc3ccc(OCCOCCOCCCN4CCCC4COc4nc5c(c(N6CCNCC6)n4)CCN(c4cccc6cccc(Cl)c46)C5)nc3)cc(N3CCCCC3CCO)nc12. The van der Waals surface area contributed by atoms with Crippen LogP contribution in [0.5, 0.6) is 11.9 Å². The number of aliphatic hydroxyl groups is 1. The van der Waals surface area contributed by atoms with Crippen LogP contribution in [0.1, 0.15) is 95.0 Å². The van der Waals surface area contributed by atoms with Gasteiger partial charge in [0.15, 0.2) is 5.65 Å². The number of aliphatic hydroxyl groups excluding tert-OH is 1. The molecule has 8 heterocycles. The van der Waals surface area contributed by atoms with E-state index in [1.807, 2.05) is 55.0 Å². The van der Waals surface area contributed by atoms with E-state index in [2.05, 4.69) is 77.6 Å². The van der Waals surface area contributed by atoms with Crippen LogP contribution in [0, 0.1) is 11.3 Å². The van der Waals surface area contributed by atoms with E-state index in [-0.39, 0.29) is 12.6 Å². The monoisotopic (exact) mass is 1070 g/mol. The first-order chi connectivity index (χ1) is 37.9. The highest BCUT2D eigenvalue weighted by atomic mass is 35.5. The van der Waals surface area contributed by atoms with Crippen LogP contribution in [-0.2, 0) is 35.4 Å². The largest absolute Gasteiger partial charge is 0.475 e. The van der Waals surface area contributed by atoms with Crippen molar-refractivity contribution in [2.24, 2.45) is 0 Å². The lowest BCUT2D eigenvalue weighted by atomic mass is 9.99. The normalized spacial score (nSPS) is 17.5. The van der Waals surface area contributed by atoms with Gasteiger partial charge in [0, 0.05) is 125 Å². The first kappa shape index (κ1) is 57.1. The van der Waals surface area contributed by atoms with Crippen LogP contribution in [0.4, 0.5) is 23.1 Å². The molecule has 3 saturated heterocycles. The van der Waals surface area contributed by atoms with Crippen molar-refractivity contribution >= 4 is 51.2 Å². The average Bonchev–Trinajstić information content (AvgIpc) is 4.13. The van der Waals surface area contributed by atoms with Gasteiger partial charge in [-0.3, -0.25) is 4.90 Å². The second-order valence-corrected chi connectivity index (χ2v) is 20.0. The topological polar surface area (TPSA) is 187 Å². The number of nitrogens with one attached hydrogen (secondary N) is 2. The molecule has 0 spiro atoms. The Morgan fingerprint density at radius 2 is 1.65 bits per heavy atom. The van der Waals surface area contributed by atoms with Crippen molar-refractivity contribution in [2.45, 2.75) is 111 Å². The molecule has 3 N–H and O–H groups in total. The number of likely N-dealkylation sites (tertiary alicyclic amines) is 1. The van der Waals surface area contributed by atoms with E-state index >= 15 is 0 Å². The molecule has 0 aliphatic carbocycles. The smallest absolute Gasteiger partial charge is 0.318 e. The summed E-state index contributed by atoms with van der Waals surface area (Å²) in [5, 5.41) is 31.8. The van der Waals surface area contributed by atoms with Crippen LogP contribution in [0.3, 0.4) is 0 Å². The maximum atomic E-state index is 9.74. The number of piperidine rings is 1. The number of nitrogens with zero attached hydrogens (tertiary/aromatic N) is 11. The molecule has 0 saturated carbocycles. The number of rotatable bonds is 23. The third-order valence-electron chi connectivity index (χ3n) is 14.7. The molecule has 0 bridgehead atoms. The Balaban J connectivity index is 0.00000152. The molecular formula is C58H80ClN13O5. The number of hydrogen-bond acceptors (Lipinski definition) is 17. The summed E-state index contributed by atoms with van der Waals surface area (Å²) in [6.07, 6.45) is 12.7. The minimum Gasteiger partial charge on any atom is -0.475 e. The summed E-state index contributed by atoms with van der Waals surface area (Å²) in [6, 6.07) is 21.3. The number of fused-ring (bicyclic) bond motifs is 3. The molecule has 4 aromatic heterocycles. The Labute approximate surface area is 460 Å². The van der Waals surface area contributed by atoms with Crippen molar-refractivity contribution in [3.63, 3.8) is 0 Å². The summed E-state index contributed by atoms with van der Waals surface area (Å²) in [4.78, 5) is 29.5. The number of aryl methyl sites for hydroxylation is 1. The number of ether oxygens (including phenoxy) is 4. The molecule has 6 aromatic rings. The summed E-state index contributed by atoms with van der Waals surface area (Å²) in [7, 11) is 0. The van der Waals surface area contributed by atoms with E-state index in [1.54, 1.807) is 6.07 Å². The number of anilines is 4. The van der Waals surface area contributed by atoms with E-state index in [0.717, 1.165) is 165 Å². The molecule has 77 heavy (non-hydrogen) atoms. The maximum absolute atomic E-state index is 9.74. The molecular weight excluding hydrogens is 994 g/mol. The van der Waals surface area contributed by atoms with Gasteiger partial charge in [0.25, 0.3) is 0 Å².